The first kappa shape index (κ1) is 13.9. The van der Waals surface area contributed by atoms with Crippen LogP contribution in [0.5, 0.6) is 5.75 Å². The predicted molar refractivity (Wildman–Crippen MR) is 66.8 cm³/mol. The van der Waals surface area contributed by atoms with E-state index in [-0.39, 0.29) is 0 Å². The fourth-order valence-electron chi connectivity index (χ4n) is 1.01. The van der Waals surface area contributed by atoms with Gasteiger partial charge in [-0.05, 0) is 6.07 Å². The molecule has 1 rings (SSSR count). The summed E-state index contributed by atoms with van der Waals surface area (Å²) < 4.78 is 10.5. The van der Waals surface area contributed by atoms with Crippen molar-refractivity contribution in [3.05, 3.63) is 27.2 Å². The molecule has 3 nitrogen and oxygen atoms in total. The molecule has 1 aromatic carbocycles. The molecule has 2 N–H and O–H groups in total. The molecule has 0 saturated carbocycles. The van der Waals surface area contributed by atoms with Gasteiger partial charge in [0.15, 0.2) is 0 Å². The highest BCUT2D eigenvalue weighted by Crippen LogP contribution is 2.33. The molecular formula is C10H12Cl3NO2. The second-order valence-corrected chi connectivity index (χ2v) is 4.17. The third-order valence-corrected chi connectivity index (χ3v) is 2.74. The zero-order valence-corrected chi connectivity index (χ0v) is 10.8. The van der Waals surface area contributed by atoms with Crippen molar-refractivity contribution in [3.8, 4) is 5.75 Å². The highest BCUT2D eigenvalue weighted by molar-refractivity contribution is 6.43. The van der Waals surface area contributed by atoms with E-state index < -0.39 is 0 Å². The largest absolute Gasteiger partial charge is 0.490 e. The number of hydrogen-bond donors (Lipinski definition) is 1. The van der Waals surface area contributed by atoms with E-state index in [4.69, 9.17) is 50.0 Å². The second-order valence-electron chi connectivity index (χ2n) is 2.95. The molecule has 0 bridgehead atoms. The summed E-state index contributed by atoms with van der Waals surface area (Å²) in [4.78, 5) is 0. The van der Waals surface area contributed by atoms with Crippen molar-refractivity contribution in [1.29, 1.82) is 0 Å². The van der Waals surface area contributed by atoms with Crippen LogP contribution in [-0.2, 0) is 4.74 Å². The molecule has 0 aromatic heterocycles. The van der Waals surface area contributed by atoms with Gasteiger partial charge >= 0.3 is 0 Å². The fourth-order valence-corrected chi connectivity index (χ4v) is 1.60. The maximum absolute atomic E-state index is 5.91. The van der Waals surface area contributed by atoms with Crippen LogP contribution in [0.15, 0.2) is 12.1 Å². The fraction of sp³-hybridized carbons (Fsp3) is 0.400. The van der Waals surface area contributed by atoms with Gasteiger partial charge in [-0.3, -0.25) is 0 Å². The smallest absolute Gasteiger partial charge is 0.139 e. The van der Waals surface area contributed by atoms with E-state index in [2.05, 4.69) is 0 Å². The van der Waals surface area contributed by atoms with Gasteiger partial charge in [-0.25, -0.2) is 0 Å². The summed E-state index contributed by atoms with van der Waals surface area (Å²) in [5.74, 6) is 0.493. The Bertz CT molecular complexity index is 347. The van der Waals surface area contributed by atoms with Crippen molar-refractivity contribution in [2.24, 2.45) is 5.73 Å². The monoisotopic (exact) mass is 283 g/mol. The Hall–Kier alpha value is -0.190. The Morgan fingerprint density at radius 1 is 0.938 bits per heavy atom. The average Bonchev–Trinajstić information content (AvgIpc) is 2.25. The van der Waals surface area contributed by atoms with Crippen LogP contribution in [0, 0.1) is 0 Å². The van der Waals surface area contributed by atoms with E-state index in [9.17, 15) is 0 Å². The van der Waals surface area contributed by atoms with Crippen molar-refractivity contribution >= 4 is 34.8 Å². The molecule has 1 aromatic rings. The molecule has 90 valence electrons. The Morgan fingerprint density at radius 3 is 2.31 bits per heavy atom. The van der Waals surface area contributed by atoms with E-state index in [1.54, 1.807) is 12.1 Å². The van der Waals surface area contributed by atoms with Crippen LogP contribution in [-0.4, -0.2) is 26.4 Å². The normalized spacial score (nSPS) is 10.5. The van der Waals surface area contributed by atoms with Gasteiger partial charge in [0.05, 0.1) is 28.3 Å². The van der Waals surface area contributed by atoms with Crippen LogP contribution in [0.1, 0.15) is 0 Å². The summed E-state index contributed by atoms with van der Waals surface area (Å²) in [5.41, 5.74) is 5.26. The van der Waals surface area contributed by atoms with Crippen LogP contribution in [0.4, 0.5) is 0 Å². The molecule has 0 spiro atoms. The molecule has 0 fully saturated rings. The van der Waals surface area contributed by atoms with Gasteiger partial charge in [0.2, 0.25) is 0 Å². The SMILES string of the molecule is NCCOCCOc1cc(Cl)c(Cl)cc1Cl. The molecule has 0 aliphatic rings. The second kappa shape index (κ2) is 7.20. The Morgan fingerprint density at radius 2 is 1.62 bits per heavy atom. The van der Waals surface area contributed by atoms with Crippen molar-refractivity contribution < 1.29 is 9.47 Å². The molecule has 6 heteroatoms. The van der Waals surface area contributed by atoms with E-state index in [0.29, 0.717) is 47.2 Å². The van der Waals surface area contributed by atoms with Gasteiger partial charge in [0, 0.05) is 12.6 Å². The number of rotatable bonds is 6. The van der Waals surface area contributed by atoms with Crippen molar-refractivity contribution in [2.45, 2.75) is 0 Å². The number of halogens is 3. The molecule has 0 saturated heterocycles. The Labute approximate surface area is 109 Å². The van der Waals surface area contributed by atoms with Gasteiger partial charge in [0.25, 0.3) is 0 Å². The highest BCUT2D eigenvalue weighted by atomic mass is 35.5. The van der Waals surface area contributed by atoms with E-state index in [0.717, 1.165) is 0 Å². The Balaban J connectivity index is 2.45. The van der Waals surface area contributed by atoms with Crippen molar-refractivity contribution in [3.63, 3.8) is 0 Å². The minimum absolute atomic E-state index is 0.387. The van der Waals surface area contributed by atoms with Crippen LogP contribution >= 0.6 is 34.8 Å². The standard InChI is InChI=1S/C10H12Cl3NO2/c11-7-5-9(13)10(6-8(7)12)16-4-3-15-2-1-14/h5-6H,1-4,14H2. The maximum atomic E-state index is 5.91. The third kappa shape index (κ3) is 4.36. The van der Waals surface area contributed by atoms with Crippen LogP contribution in [0.2, 0.25) is 15.1 Å². The highest BCUT2D eigenvalue weighted by Gasteiger charge is 2.06. The van der Waals surface area contributed by atoms with Gasteiger partial charge < -0.3 is 15.2 Å². The summed E-state index contributed by atoms with van der Waals surface area (Å²) >= 11 is 17.5. The molecule has 0 unspecified atom stereocenters. The van der Waals surface area contributed by atoms with E-state index in [1.165, 1.54) is 0 Å². The van der Waals surface area contributed by atoms with Crippen molar-refractivity contribution in [1.82, 2.24) is 0 Å². The quantitative estimate of drug-likeness (QED) is 0.645. The van der Waals surface area contributed by atoms with Gasteiger partial charge in [-0.15, -0.1) is 0 Å². The molecular weight excluding hydrogens is 272 g/mol. The first-order valence-electron chi connectivity index (χ1n) is 4.70. The molecule has 0 aliphatic carbocycles. The first-order chi connectivity index (χ1) is 7.65. The molecule has 0 heterocycles. The first-order valence-corrected chi connectivity index (χ1v) is 5.83. The Kier molecular flexibility index (Phi) is 6.24. The van der Waals surface area contributed by atoms with Gasteiger partial charge in [0.1, 0.15) is 12.4 Å². The lowest BCUT2D eigenvalue weighted by molar-refractivity contribution is 0.106. The summed E-state index contributed by atoms with van der Waals surface area (Å²) in [6.07, 6.45) is 0. The minimum Gasteiger partial charge on any atom is -0.490 e. The van der Waals surface area contributed by atoms with Gasteiger partial charge in [-0.2, -0.15) is 0 Å². The lowest BCUT2D eigenvalue weighted by atomic mass is 10.3. The summed E-state index contributed by atoms with van der Waals surface area (Å²) in [6, 6.07) is 3.12. The molecule has 0 radical (unpaired) electrons. The zero-order chi connectivity index (χ0) is 12.0. The number of hydrogen-bond acceptors (Lipinski definition) is 3. The number of nitrogens with two attached hydrogens (primary N) is 1. The molecule has 0 atom stereocenters. The summed E-state index contributed by atoms with van der Waals surface area (Å²) in [6.45, 7) is 1.84. The lowest BCUT2D eigenvalue weighted by Gasteiger charge is -2.09. The van der Waals surface area contributed by atoms with Crippen molar-refractivity contribution in [2.75, 3.05) is 26.4 Å². The minimum atomic E-state index is 0.387. The summed E-state index contributed by atoms with van der Waals surface area (Å²) in [5, 5.41) is 1.23. The number of benzene rings is 1. The van der Waals surface area contributed by atoms with Gasteiger partial charge in [-0.1, -0.05) is 34.8 Å². The number of ether oxygens (including phenoxy) is 2. The van der Waals surface area contributed by atoms with E-state index in [1.807, 2.05) is 0 Å². The van der Waals surface area contributed by atoms with Crippen LogP contribution in [0.3, 0.4) is 0 Å². The molecule has 0 aliphatic heterocycles. The van der Waals surface area contributed by atoms with Crippen LogP contribution < -0.4 is 10.5 Å². The zero-order valence-electron chi connectivity index (χ0n) is 8.51. The lowest BCUT2D eigenvalue weighted by Crippen LogP contribution is -2.13. The van der Waals surface area contributed by atoms with E-state index >= 15 is 0 Å². The predicted octanol–water partition coefficient (Wildman–Crippen LogP) is 3.00. The maximum Gasteiger partial charge on any atom is 0.139 e. The molecule has 16 heavy (non-hydrogen) atoms. The topological polar surface area (TPSA) is 44.5 Å². The third-order valence-electron chi connectivity index (χ3n) is 1.72. The molecule has 0 amide bonds. The average molecular weight is 285 g/mol. The summed E-state index contributed by atoms with van der Waals surface area (Å²) in [7, 11) is 0. The van der Waals surface area contributed by atoms with Crippen LogP contribution in [0.25, 0.3) is 0 Å².